The highest BCUT2D eigenvalue weighted by molar-refractivity contribution is 5.98. The summed E-state index contributed by atoms with van der Waals surface area (Å²) in [4.78, 5) is 12.2. The van der Waals surface area contributed by atoms with Crippen LogP contribution in [0.1, 0.15) is 42.6 Å². The van der Waals surface area contributed by atoms with E-state index < -0.39 is 0 Å². The number of rotatable bonds is 4. The maximum Gasteiger partial charge on any atom is 0.165 e. The van der Waals surface area contributed by atoms with Crippen LogP contribution in [0.4, 0.5) is 0 Å². The van der Waals surface area contributed by atoms with Crippen molar-refractivity contribution in [3.63, 3.8) is 0 Å². The molecule has 0 N–H and O–H groups in total. The quantitative estimate of drug-likeness (QED) is 0.725. The number of Topliss-reactive ketones (excluding diaryl/α,β-unsaturated/α-hetero) is 1. The zero-order valence-corrected chi connectivity index (χ0v) is 9.95. The summed E-state index contributed by atoms with van der Waals surface area (Å²) >= 11 is 0. The van der Waals surface area contributed by atoms with E-state index in [1.165, 1.54) is 5.56 Å². The number of hydrogen-bond acceptors (Lipinski definition) is 2. The fourth-order valence-corrected chi connectivity index (χ4v) is 2.24. The topological polar surface area (TPSA) is 26.3 Å². The molecule has 0 saturated heterocycles. The Kier molecular flexibility index (Phi) is 3.28. The van der Waals surface area contributed by atoms with Crippen molar-refractivity contribution in [2.24, 2.45) is 5.92 Å². The SMILES string of the molecule is CCC(CC)C(=O)c1ccc2c(c1)CCO2. The first-order valence-corrected chi connectivity index (χ1v) is 6.06. The molecule has 0 radical (unpaired) electrons. The minimum Gasteiger partial charge on any atom is -0.493 e. The molecular formula is C14H18O2. The molecule has 1 aromatic rings. The molecule has 2 heteroatoms. The van der Waals surface area contributed by atoms with Crippen molar-refractivity contribution in [3.05, 3.63) is 29.3 Å². The van der Waals surface area contributed by atoms with Gasteiger partial charge in [0.2, 0.25) is 0 Å². The van der Waals surface area contributed by atoms with E-state index in [0.29, 0.717) is 0 Å². The molecule has 0 spiro atoms. The summed E-state index contributed by atoms with van der Waals surface area (Å²) in [6.45, 7) is 4.89. The van der Waals surface area contributed by atoms with E-state index in [4.69, 9.17) is 4.74 Å². The molecule has 0 amide bonds. The summed E-state index contributed by atoms with van der Waals surface area (Å²) < 4.78 is 5.44. The van der Waals surface area contributed by atoms with E-state index in [9.17, 15) is 4.79 Å². The summed E-state index contributed by atoms with van der Waals surface area (Å²) in [5.74, 6) is 1.39. The molecule has 1 aromatic carbocycles. The molecule has 0 atom stereocenters. The number of carbonyl (C=O) groups is 1. The fraction of sp³-hybridized carbons (Fsp3) is 0.500. The number of fused-ring (bicyclic) bond motifs is 1. The van der Waals surface area contributed by atoms with Crippen molar-refractivity contribution in [3.8, 4) is 5.75 Å². The van der Waals surface area contributed by atoms with Gasteiger partial charge in [-0.2, -0.15) is 0 Å². The Hall–Kier alpha value is -1.31. The lowest BCUT2D eigenvalue weighted by atomic mass is 9.92. The second-order valence-electron chi connectivity index (χ2n) is 4.30. The molecule has 0 unspecified atom stereocenters. The van der Waals surface area contributed by atoms with Gasteiger partial charge >= 0.3 is 0 Å². The summed E-state index contributed by atoms with van der Waals surface area (Å²) in [6.07, 6.45) is 2.77. The lowest BCUT2D eigenvalue weighted by molar-refractivity contribution is 0.0913. The van der Waals surface area contributed by atoms with Crippen molar-refractivity contribution >= 4 is 5.78 Å². The van der Waals surface area contributed by atoms with Gasteiger partial charge in [0, 0.05) is 17.9 Å². The summed E-state index contributed by atoms with van der Waals surface area (Å²) in [5, 5.41) is 0. The normalized spacial score (nSPS) is 13.7. The van der Waals surface area contributed by atoms with Crippen LogP contribution in [0.3, 0.4) is 0 Å². The van der Waals surface area contributed by atoms with Crippen LogP contribution >= 0.6 is 0 Å². The molecule has 2 rings (SSSR count). The minimum atomic E-state index is 0.167. The Morgan fingerprint density at radius 3 is 2.81 bits per heavy atom. The predicted octanol–water partition coefficient (Wildman–Crippen LogP) is 3.24. The van der Waals surface area contributed by atoms with Crippen molar-refractivity contribution in [2.75, 3.05) is 6.61 Å². The fourth-order valence-electron chi connectivity index (χ4n) is 2.24. The Balaban J connectivity index is 2.24. The van der Waals surface area contributed by atoms with Gasteiger partial charge in [-0.3, -0.25) is 4.79 Å². The lowest BCUT2D eigenvalue weighted by Gasteiger charge is -2.11. The highest BCUT2D eigenvalue weighted by Crippen LogP contribution is 2.27. The Labute approximate surface area is 96.6 Å². The van der Waals surface area contributed by atoms with Gasteiger partial charge in [0.1, 0.15) is 5.75 Å². The van der Waals surface area contributed by atoms with Crippen LogP contribution < -0.4 is 4.74 Å². The summed E-state index contributed by atoms with van der Waals surface area (Å²) in [6, 6.07) is 5.83. The standard InChI is InChI=1S/C14H18O2/c1-3-10(4-2)14(15)12-5-6-13-11(9-12)7-8-16-13/h5-6,9-10H,3-4,7-8H2,1-2H3. The van der Waals surface area contributed by atoms with Gasteiger partial charge in [-0.05, 0) is 36.6 Å². The van der Waals surface area contributed by atoms with Gasteiger partial charge in [0.25, 0.3) is 0 Å². The molecule has 2 nitrogen and oxygen atoms in total. The summed E-state index contributed by atoms with van der Waals surface area (Å²) in [5.41, 5.74) is 2.02. The van der Waals surface area contributed by atoms with Crippen molar-refractivity contribution in [1.82, 2.24) is 0 Å². The Morgan fingerprint density at radius 1 is 1.38 bits per heavy atom. The largest absolute Gasteiger partial charge is 0.493 e. The second-order valence-corrected chi connectivity index (χ2v) is 4.30. The number of carbonyl (C=O) groups excluding carboxylic acids is 1. The molecule has 1 aliphatic heterocycles. The van der Waals surface area contributed by atoms with Gasteiger partial charge in [0.15, 0.2) is 5.78 Å². The molecule has 1 aliphatic rings. The average molecular weight is 218 g/mol. The molecule has 16 heavy (non-hydrogen) atoms. The van der Waals surface area contributed by atoms with Crippen LogP contribution in [0, 0.1) is 5.92 Å². The van der Waals surface area contributed by atoms with E-state index in [1.54, 1.807) is 0 Å². The maximum absolute atomic E-state index is 12.2. The van der Waals surface area contributed by atoms with Crippen LogP contribution in [0.5, 0.6) is 5.75 Å². The molecule has 1 heterocycles. The van der Waals surface area contributed by atoms with Gasteiger partial charge in [-0.15, -0.1) is 0 Å². The van der Waals surface area contributed by atoms with Crippen LogP contribution in [0.2, 0.25) is 0 Å². The smallest absolute Gasteiger partial charge is 0.165 e. The van der Waals surface area contributed by atoms with Crippen LogP contribution in [0.25, 0.3) is 0 Å². The van der Waals surface area contributed by atoms with Gasteiger partial charge < -0.3 is 4.74 Å². The van der Waals surface area contributed by atoms with Crippen molar-refractivity contribution in [2.45, 2.75) is 33.1 Å². The third-order valence-electron chi connectivity index (χ3n) is 3.33. The second kappa shape index (κ2) is 4.69. The number of ketones is 1. The van der Waals surface area contributed by atoms with Crippen molar-refractivity contribution < 1.29 is 9.53 Å². The minimum absolute atomic E-state index is 0.167. The lowest BCUT2D eigenvalue weighted by Crippen LogP contribution is -2.13. The van der Waals surface area contributed by atoms with E-state index >= 15 is 0 Å². The first-order valence-electron chi connectivity index (χ1n) is 6.06. The molecule has 86 valence electrons. The van der Waals surface area contributed by atoms with Crippen molar-refractivity contribution in [1.29, 1.82) is 0 Å². The number of ether oxygens (including phenoxy) is 1. The molecule has 0 saturated carbocycles. The average Bonchev–Trinajstić information content (AvgIpc) is 2.77. The maximum atomic E-state index is 12.2. The van der Waals surface area contributed by atoms with E-state index in [2.05, 4.69) is 13.8 Å². The van der Waals surface area contributed by atoms with Crippen LogP contribution in [-0.2, 0) is 6.42 Å². The molecule has 0 aromatic heterocycles. The highest BCUT2D eigenvalue weighted by atomic mass is 16.5. The third-order valence-corrected chi connectivity index (χ3v) is 3.33. The van der Waals surface area contributed by atoms with Crippen LogP contribution in [-0.4, -0.2) is 12.4 Å². The first-order chi connectivity index (χ1) is 7.76. The zero-order valence-electron chi connectivity index (χ0n) is 9.95. The Bertz CT molecular complexity index is 392. The van der Waals surface area contributed by atoms with E-state index in [-0.39, 0.29) is 11.7 Å². The predicted molar refractivity (Wildman–Crippen MR) is 64.0 cm³/mol. The molecule has 0 fully saturated rings. The summed E-state index contributed by atoms with van der Waals surface area (Å²) in [7, 11) is 0. The molecule has 0 bridgehead atoms. The van der Waals surface area contributed by atoms with E-state index in [0.717, 1.165) is 37.2 Å². The van der Waals surface area contributed by atoms with E-state index in [1.807, 2.05) is 18.2 Å². The van der Waals surface area contributed by atoms with Gasteiger partial charge in [-0.25, -0.2) is 0 Å². The first kappa shape index (κ1) is 11.2. The number of hydrogen-bond donors (Lipinski definition) is 0. The molecular weight excluding hydrogens is 200 g/mol. The highest BCUT2D eigenvalue weighted by Gasteiger charge is 2.19. The third kappa shape index (κ3) is 1.97. The van der Waals surface area contributed by atoms with Crippen LogP contribution in [0.15, 0.2) is 18.2 Å². The van der Waals surface area contributed by atoms with Gasteiger partial charge in [-0.1, -0.05) is 13.8 Å². The molecule has 0 aliphatic carbocycles. The zero-order chi connectivity index (χ0) is 11.5. The Morgan fingerprint density at radius 2 is 2.12 bits per heavy atom. The number of benzene rings is 1. The monoisotopic (exact) mass is 218 g/mol. The van der Waals surface area contributed by atoms with Gasteiger partial charge in [0.05, 0.1) is 6.61 Å².